The van der Waals surface area contributed by atoms with Crippen LogP contribution in [0.25, 0.3) is 0 Å². The van der Waals surface area contributed by atoms with Crippen molar-refractivity contribution in [1.29, 1.82) is 0 Å². The second-order valence-corrected chi connectivity index (χ2v) is 4.04. The van der Waals surface area contributed by atoms with Gasteiger partial charge in [-0.1, -0.05) is 0 Å². The topological polar surface area (TPSA) is 85.1 Å². The number of tetrazole rings is 1. The molecule has 1 unspecified atom stereocenters. The lowest BCUT2D eigenvalue weighted by atomic mass is 10.0. The Morgan fingerprint density at radius 1 is 1.56 bits per heavy atom. The molecule has 92 valence electrons. The third-order valence-corrected chi connectivity index (χ3v) is 2.08. The van der Waals surface area contributed by atoms with Gasteiger partial charge in [-0.05, 0) is 12.1 Å². The number of aliphatic hydroxyl groups is 1. The standard InChI is InChI=1S/C9H19N5O2/c1-9(15,7-10-4-5-16-3)6-8-11-13-14(2)12-8/h10,15H,4-7H2,1-3H3. The van der Waals surface area contributed by atoms with E-state index < -0.39 is 5.60 Å². The normalized spacial score (nSPS) is 15.0. The summed E-state index contributed by atoms with van der Waals surface area (Å²) in [5.74, 6) is 0.543. The third kappa shape index (κ3) is 4.65. The average Bonchev–Trinajstić information content (AvgIpc) is 2.58. The lowest BCUT2D eigenvalue weighted by Crippen LogP contribution is -2.41. The molecule has 0 aromatic carbocycles. The molecule has 1 atom stereocenters. The van der Waals surface area contributed by atoms with Gasteiger partial charge in [0.25, 0.3) is 0 Å². The van der Waals surface area contributed by atoms with E-state index in [9.17, 15) is 5.11 Å². The Bertz CT molecular complexity index is 313. The lowest BCUT2D eigenvalue weighted by molar-refractivity contribution is 0.0561. The highest BCUT2D eigenvalue weighted by atomic mass is 16.5. The summed E-state index contributed by atoms with van der Waals surface area (Å²) in [5.41, 5.74) is -0.878. The molecule has 1 aromatic heterocycles. The largest absolute Gasteiger partial charge is 0.388 e. The summed E-state index contributed by atoms with van der Waals surface area (Å²) in [5, 5.41) is 24.7. The molecule has 0 amide bonds. The first-order chi connectivity index (χ1) is 7.53. The zero-order chi connectivity index (χ0) is 12.0. The maximum Gasteiger partial charge on any atom is 0.177 e. The molecule has 16 heavy (non-hydrogen) atoms. The molecule has 0 fully saturated rings. The van der Waals surface area contributed by atoms with Crippen LogP contribution in [0.2, 0.25) is 0 Å². The van der Waals surface area contributed by atoms with Gasteiger partial charge in [-0.25, -0.2) is 0 Å². The number of methoxy groups -OCH3 is 1. The highest BCUT2D eigenvalue weighted by Crippen LogP contribution is 2.07. The Balaban J connectivity index is 2.33. The fourth-order valence-corrected chi connectivity index (χ4v) is 1.33. The number of aromatic nitrogens is 4. The third-order valence-electron chi connectivity index (χ3n) is 2.08. The van der Waals surface area contributed by atoms with E-state index in [0.29, 0.717) is 31.9 Å². The minimum atomic E-state index is -0.878. The van der Waals surface area contributed by atoms with Crippen LogP contribution in [-0.4, -0.2) is 57.7 Å². The average molecular weight is 229 g/mol. The number of aryl methyl sites for hydroxylation is 1. The molecular formula is C9H19N5O2. The molecule has 0 aliphatic heterocycles. The van der Waals surface area contributed by atoms with Gasteiger partial charge >= 0.3 is 0 Å². The summed E-state index contributed by atoms with van der Waals surface area (Å²) in [4.78, 5) is 1.38. The Morgan fingerprint density at radius 2 is 2.31 bits per heavy atom. The maximum atomic E-state index is 10.1. The van der Waals surface area contributed by atoms with E-state index >= 15 is 0 Å². The number of hydrogen-bond donors (Lipinski definition) is 2. The second kappa shape index (κ2) is 5.88. The van der Waals surface area contributed by atoms with Gasteiger partial charge < -0.3 is 15.2 Å². The molecule has 7 nitrogen and oxygen atoms in total. The summed E-state index contributed by atoms with van der Waals surface area (Å²) in [6, 6.07) is 0. The SMILES string of the molecule is COCCNCC(C)(O)Cc1nnn(C)n1. The summed E-state index contributed by atoms with van der Waals surface area (Å²) in [6.07, 6.45) is 0.376. The quantitative estimate of drug-likeness (QED) is 0.568. The van der Waals surface area contributed by atoms with Crippen molar-refractivity contribution in [2.45, 2.75) is 18.9 Å². The first-order valence-corrected chi connectivity index (χ1v) is 5.18. The van der Waals surface area contributed by atoms with Crippen LogP contribution < -0.4 is 5.32 Å². The molecule has 1 heterocycles. The van der Waals surface area contributed by atoms with Crippen LogP contribution in [0, 0.1) is 0 Å². The van der Waals surface area contributed by atoms with E-state index in [1.165, 1.54) is 4.80 Å². The van der Waals surface area contributed by atoms with Gasteiger partial charge in [0.1, 0.15) is 0 Å². The van der Waals surface area contributed by atoms with Crippen molar-refractivity contribution in [3.05, 3.63) is 5.82 Å². The van der Waals surface area contributed by atoms with Crippen LogP contribution in [0.3, 0.4) is 0 Å². The Labute approximate surface area is 94.8 Å². The first kappa shape index (κ1) is 13.0. The fraction of sp³-hybridized carbons (Fsp3) is 0.889. The van der Waals surface area contributed by atoms with E-state index in [1.807, 2.05) is 0 Å². The van der Waals surface area contributed by atoms with E-state index in [4.69, 9.17) is 4.74 Å². The van der Waals surface area contributed by atoms with Crippen molar-refractivity contribution in [2.24, 2.45) is 7.05 Å². The predicted molar refractivity (Wildman–Crippen MR) is 57.9 cm³/mol. The second-order valence-electron chi connectivity index (χ2n) is 4.04. The number of rotatable bonds is 7. The number of ether oxygens (including phenoxy) is 1. The molecule has 1 aromatic rings. The molecule has 0 bridgehead atoms. The number of nitrogens with zero attached hydrogens (tertiary/aromatic N) is 4. The van der Waals surface area contributed by atoms with Crippen molar-refractivity contribution >= 4 is 0 Å². The molecule has 0 saturated heterocycles. The van der Waals surface area contributed by atoms with E-state index in [2.05, 4.69) is 20.7 Å². The first-order valence-electron chi connectivity index (χ1n) is 5.18. The summed E-state index contributed by atoms with van der Waals surface area (Å²) in [7, 11) is 3.34. The Morgan fingerprint density at radius 3 is 2.88 bits per heavy atom. The van der Waals surface area contributed by atoms with Crippen molar-refractivity contribution in [2.75, 3.05) is 26.8 Å². The van der Waals surface area contributed by atoms with Crippen LogP contribution in [-0.2, 0) is 18.2 Å². The molecule has 1 rings (SSSR count). The van der Waals surface area contributed by atoms with Crippen molar-refractivity contribution in [3.8, 4) is 0 Å². The highest BCUT2D eigenvalue weighted by molar-refractivity contribution is 4.89. The molecule has 7 heteroatoms. The fourth-order valence-electron chi connectivity index (χ4n) is 1.33. The van der Waals surface area contributed by atoms with Crippen LogP contribution >= 0.6 is 0 Å². The number of hydrogen-bond acceptors (Lipinski definition) is 6. The summed E-state index contributed by atoms with van der Waals surface area (Å²) >= 11 is 0. The van der Waals surface area contributed by atoms with E-state index in [1.54, 1.807) is 21.1 Å². The molecule has 0 aliphatic carbocycles. The van der Waals surface area contributed by atoms with Gasteiger partial charge in [-0.2, -0.15) is 4.80 Å². The van der Waals surface area contributed by atoms with Gasteiger partial charge in [-0.15, -0.1) is 10.2 Å². The van der Waals surface area contributed by atoms with Gasteiger partial charge in [0.05, 0.1) is 19.3 Å². The van der Waals surface area contributed by atoms with Crippen molar-refractivity contribution in [1.82, 2.24) is 25.5 Å². The van der Waals surface area contributed by atoms with Crippen molar-refractivity contribution in [3.63, 3.8) is 0 Å². The monoisotopic (exact) mass is 229 g/mol. The highest BCUT2D eigenvalue weighted by Gasteiger charge is 2.22. The molecule has 0 spiro atoms. The molecule has 0 aliphatic rings. The van der Waals surface area contributed by atoms with Gasteiger partial charge in [0, 0.05) is 26.6 Å². The van der Waals surface area contributed by atoms with Crippen LogP contribution in [0.15, 0.2) is 0 Å². The summed E-state index contributed by atoms with van der Waals surface area (Å²) < 4.78 is 4.90. The lowest BCUT2D eigenvalue weighted by Gasteiger charge is -2.21. The summed E-state index contributed by atoms with van der Waals surface area (Å²) in [6.45, 7) is 3.54. The zero-order valence-corrected chi connectivity index (χ0v) is 9.97. The van der Waals surface area contributed by atoms with E-state index in [0.717, 1.165) is 0 Å². The van der Waals surface area contributed by atoms with Crippen LogP contribution in [0.5, 0.6) is 0 Å². The molecular weight excluding hydrogens is 210 g/mol. The minimum absolute atomic E-state index is 0.376. The van der Waals surface area contributed by atoms with Gasteiger partial charge in [-0.3, -0.25) is 0 Å². The van der Waals surface area contributed by atoms with Gasteiger partial charge in [0.2, 0.25) is 0 Å². The predicted octanol–water partition coefficient (Wildman–Crippen LogP) is -1.26. The maximum absolute atomic E-state index is 10.1. The molecule has 0 saturated carbocycles. The van der Waals surface area contributed by atoms with Crippen LogP contribution in [0.4, 0.5) is 0 Å². The zero-order valence-electron chi connectivity index (χ0n) is 9.97. The van der Waals surface area contributed by atoms with Crippen molar-refractivity contribution < 1.29 is 9.84 Å². The smallest absolute Gasteiger partial charge is 0.177 e. The van der Waals surface area contributed by atoms with E-state index in [-0.39, 0.29) is 0 Å². The molecule has 2 N–H and O–H groups in total. The van der Waals surface area contributed by atoms with Crippen LogP contribution in [0.1, 0.15) is 12.7 Å². The molecule has 0 radical (unpaired) electrons. The Kier molecular flexibility index (Phi) is 4.78. The Hall–Kier alpha value is -1.05. The number of nitrogens with one attached hydrogen (secondary N) is 1. The van der Waals surface area contributed by atoms with Gasteiger partial charge in [0.15, 0.2) is 5.82 Å². The minimum Gasteiger partial charge on any atom is -0.388 e.